The molecule has 0 amide bonds. The molecule has 2 N–H and O–H groups in total. The van der Waals surface area contributed by atoms with Gasteiger partial charge in [0.25, 0.3) is 0 Å². The lowest BCUT2D eigenvalue weighted by molar-refractivity contribution is 0.241. The number of benzene rings is 1. The molecule has 0 aliphatic carbocycles. The maximum Gasteiger partial charge on any atom is 0.142 e. The van der Waals surface area contributed by atoms with E-state index in [2.05, 4.69) is 13.8 Å². The Morgan fingerprint density at radius 1 is 1.27 bits per heavy atom. The first-order chi connectivity index (χ1) is 7.17. The summed E-state index contributed by atoms with van der Waals surface area (Å²) in [6.45, 7) is 7.19. The maximum atomic E-state index is 5.83. The van der Waals surface area contributed by atoms with Gasteiger partial charge in [-0.2, -0.15) is 0 Å². The van der Waals surface area contributed by atoms with Crippen molar-refractivity contribution < 1.29 is 4.74 Å². The van der Waals surface area contributed by atoms with Crippen LogP contribution in [-0.2, 0) is 0 Å². The quantitative estimate of drug-likeness (QED) is 0.751. The zero-order chi connectivity index (χ0) is 11.3. The smallest absolute Gasteiger partial charge is 0.142 e. The lowest BCUT2D eigenvalue weighted by atomic mass is 10.1. The fourth-order valence-electron chi connectivity index (χ4n) is 1.50. The van der Waals surface area contributed by atoms with Crippen molar-refractivity contribution in [3.05, 3.63) is 23.8 Å². The van der Waals surface area contributed by atoms with Crippen LogP contribution in [0, 0.1) is 12.8 Å². The van der Waals surface area contributed by atoms with Gasteiger partial charge >= 0.3 is 0 Å². The Balaban J connectivity index is 2.60. The molecule has 0 heterocycles. The van der Waals surface area contributed by atoms with Gasteiger partial charge in [0.15, 0.2) is 0 Å². The average Bonchev–Trinajstić information content (AvgIpc) is 2.24. The van der Waals surface area contributed by atoms with Crippen LogP contribution in [0.2, 0.25) is 0 Å². The van der Waals surface area contributed by atoms with Gasteiger partial charge in [0.2, 0.25) is 0 Å². The normalized spacial score (nSPS) is 10.7. The number of aryl methyl sites for hydroxylation is 1. The molecule has 0 radical (unpaired) electrons. The van der Waals surface area contributed by atoms with Gasteiger partial charge in [-0.15, -0.1) is 0 Å². The largest absolute Gasteiger partial charge is 0.491 e. The Hall–Kier alpha value is -1.18. The van der Waals surface area contributed by atoms with Gasteiger partial charge in [0, 0.05) is 0 Å². The second-order valence-electron chi connectivity index (χ2n) is 4.03. The SMILES string of the molecule is CCC(CC)COc1cc(C)ccc1N. The van der Waals surface area contributed by atoms with Crippen LogP contribution in [0.4, 0.5) is 5.69 Å². The number of nitrogen functional groups attached to an aromatic ring is 1. The number of rotatable bonds is 5. The van der Waals surface area contributed by atoms with Gasteiger partial charge in [-0.3, -0.25) is 0 Å². The number of ether oxygens (including phenoxy) is 1. The zero-order valence-electron chi connectivity index (χ0n) is 9.92. The summed E-state index contributed by atoms with van der Waals surface area (Å²) in [4.78, 5) is 0. The van der Waals surface area contributed by atoms with Gasteiger partial charge in [-0.1, -0.05) is 32.8 Å². The highest BCUT2D eigenvalue weighted by Gasteiger charge is 2.06. The minimum atomic E-state index is 0.630. The number of hydrogen-bond donors (Lipinski definition) is 1. The molecule has 1 aromatic carbocycles. The molecule has 84 valence electrons. The van der Waals surface area contributed by atoms with Crippen LogP contribution >= 0.6 is 0 Å². The molecular weight excluding hydrogens is 186 g/mol. The first kappa shape index (κ1) is 11.9. The van der Waals surface area contributed by atoms with Gasteiger partial charge < -0.3 is 10.5 Å². The summed E-state index contributed by atoms with van der Waals surface area (Å²) in [5.74, 6) is 1.45. The van der Waals surface area contributed by atoms with Crippen molar-refractivity contribution in [1.82, 2.24) is 0 Å². The van der Waals surface area contributed by atoms with Gasteiger partial charge in [0.1, 0.15) is 5.75 Å². The van der Waals surface area contributed by atoms with Gasteiger partial charge in [-0.25, -0.2) is 0 Å². The van der Waals surface area contributed by atoms with Crippen LogP contribution < -0.4 is 10.5 Å². The highest BCUT2D eigenvalue weighted by Crippen LogP contribution is 2.23. The molecule has 0 saturated heterocycles. The summed E-state index contributed by atoms with van der Waals surface area (Å²) in [5.41, 5.74) is 7.75. The van der Waals surface area contributed by atoms with E-state index in [1.165, 1.54) is 5.56 Å². The molecule has 2 heteroatoms. The fraction of sp³-hybridized carbons (Fsp3) is 0.538. The van der Waals surface area contributed by atoms with Crippen LogP contribution in [0.5, 0.6) is 5.75 Å². The van der Waals surface area contributed by atoms with Crippen molar-refractivity contribution in [1.29, 1.82) is 0 Å². The van der Waals surface area contributed by atoms with Crippen molar-refractivity contribution in [2.45, 2.75) is 33.6 Å². The summed E-state index contributed by atoms with van der Waals surface area (Å²) in [5, 5.41) is 0. The minimum Gasteiger partial charge on any atom is -0.491 e. The molecule has 0 aliphatic rings. The van der Waals surface area contributed by atoms with E-state index in [0.717, 1.165) is 30.9 Å². The fourth-order valence-corrected chi connectivity index (χ4v) is 1.50. The Labute approximate surface area is 92.4 Å². The second-order valence-corrected chi connectivity index (χ2v) is 4.03. The standard InChI is InChI=1S/C13H21NO/c1-4-11(5-2)9-15-13-8-10(3)6-7-12(13)14/h6-8,11H,4-5,9,14H2,1-3H3. The van der Waals surface area contributed by atoms with Crippen LogP contribution in [0.3, 0.4) is 0 Å². The van der Waals surface area contributed by atoms with E-state index in [1.807, 2.05) is 25.1 Å². The molecule has 15 heavy (non-hydrogen) atoms. The number of anilines is 1. The third-order valence-corrected chi connectivity index (χ3v) is 2.80. The molecule has 1 aromatic rings. The van der Waals surface area contributed by atoms with E-state index in [9.17, 15) is 0 Å². The molecule has 2 nitrogen and oxygen atoms in total. The van der Waals surface area contributed by atoms with E-state index in [0.29, 0.717) is 5.92 Å². The molecule has 0 aliphatic heterocycles. The highest BCUT2D eigenvalue weighted by atomic mass is 16.5. The Kier molecular flexibility index (Phi) is 4.47. The topological polar surface area (TPSA) is 35.2 Å². The van der Waals surface area contributed by atoms with E-state index < -0.39 is 0 Å². The van der Waals surface area contributed by atoms with Gasteiger partial charge in [-0.05, 0) is 30.5 Å². The molecule has 0 fully saturated rings. The van der Waals surface area contributed by atoms with Gasteiger partial charge in [0.05, 0.1) is 12.3 Å². The van der Waals surface area contributed by atoms with E-state index in [-0.39, 0.29) is 0 Å². The predicted molar refractivity (Wildman–Crippen MR) is 65.2 cm³/mol. The Bertz CT molecular complexity index is 305. The molecule has 0 saturated carbocycles. The van der Waals surface area contributed by atoms with Crippen molar-refractivity contribution in [3.8, 4) is 5.75 Å². The lowest BCUT2D eigenvalue weighted by Gasteiger charge is -2.15. The molecule has 1 rings (SSSR count). The van der Waals surface area contributed by atoms with Crippen LogP contribution in [0.25, 0.3) is 0 Å². The van der Waals surface area contributed by atoms with Crippen molar-refractivity contribution in [3.63, 3.8) is 0 Å². The van der Waals surface area contributed by atoms with Crippen LogP contribution in [-0.4, -0.2) is 6.61 Å². The van der Waals surface area contributed by atoms with Crippen LogP contribution in [0.1, 0.15) is 32.3 Å². The average molecular weight is 207 g/mol. The van der Waals surface area contributed by atoms with Crippen molar-refractivity contribution in [2.75, 3.05) is 12.3 Å². The third kappa shape index (κ3) is 3.46. The van der Waals surface area contributed by atoms with Crippen molar-refractivity contribution >= 4 is 5.69 Å². The van der Waals surface area contributed by atoms with Crippen LogP contribution in [0.15, 0.2) is 18.2 Å². The first-order valence-corrected chi connectivity index (χ1v) is 5.66. The molecule has 0 unspecified atom stereocenters. The molecule has 0 atom stereocenters. The Morgan fingerprint density at radius 3 is 2.53 bits per heavy atom. The third-order valence-electron chi connectivity index (χ3n) is 2.80. The first-order valence-electron chi connectivity index (χ1n) is 5.66. The monoisotopic (exact) mass is 207 g/mol. The zero-order valence-corrected chi connectivity index (χ0v) is 9.92. The summed E-state index contributed by atoms with van der Waals surface area (Å²) in [6, 6.07) is 5.90. The van der Waals surface area contributed by atoms with E-state index >= 15 is 0 Å². The summed E-state index contributed by atoms with van der Waals surface area (Å²) < 4.78 is 5.74. The Morgan fingerprint density at radius 2 is 1.93 bits per heavy atom. The highest BCUT2D eigenvalue weighted by molar-refractivity contribution is 5.53. The summed E-state index contributed by atoms with van der Waals surface area (Å²) in [6.07, 6.45) is 2.31. The maximum absolute atomic E-state index is 5.83. The van der Waals surface area contributed by atoms with Crippen molar-refractivity contribution in [2.24, 2.45) is 5.92 Å². The molecule has 0 aromatic heterocycles. The number of nitrogens with two attached hydrogens (primary N) is 1. The molecule has 0 bridgehead atoms. The van der Waals surface area contributed by atoms with E-state index in [4.69, 9.17) is 10.5 Å². The summed E-state index contributed by atoms with van der Waals surface area (Å²) >= 11 is 0. The minimum absolute atomic E-state index is 0.630. The van der Waals surface area contributed by atoms with E-state index in [1.54, 1.807) is 0 Å². The summed E-state index contributed by atoms with van der Waals surface area (Å²) in [7, 11) is 0. The number of hydrogen-bond acceptors (Lipinski definition) is 2. The predicted octanol–water partition coefficient (Wildman–Crippen LogP) is 3.39. The molecule has 0 spiro atoms. The molecular formula is C13H21NO. The lowest BCUT2D eigenvalue weighted by Crippen LogP contribution is -2.11. The second kappa shape index (κ2) is 5.64.